The highest BCUT2D eigenvalue weighted by Crippen LogP contribution is 2.33. The highest BCUT2D eigenvalue weighted by Gasteiger charge is 2.25. The van der Waals surface area contributed by atoms with Crippen LogP contribution in [0.4, 0.5) is 5.69 Å². The largest absolute Gasteiger partial charge is 0.486 e. The minimum atomic E-state index is -0.419. The number of rotatable bonds is 3. The van der Waals surface area contributed by atoms with E-state index < -0.39 is 5.91 Å². The number of amides is 1. The molecule has 0 saturated heterocycles. The predicted molar refractivity (Wildman–Crippen MR) is 92.9 cm³/mol. The fourth-order valence-corrected chi connectivity index (χ4v) is 2.87. The van der Waals surface area contributed by atoms with Crippen LogP contribution in [0.25, 0.3) is 5.88 Å². The number of carbonyl (C=O) groups is 1. The standard InChI is InChI=1S/C19H15N3O4/c1-12-17(14(11-20)19(26-12)22-6-2-3-7-22)18(23)21-13-4-5-15-16(10-13)25-9-8-24-15/h2-7,10H,8-9H2,1H3,(H,21,23). The number of hydrogen-bond acceptors (Lipinski definition) is 5. The summed E-state index contributed by atoms with van der Waals surface area (Å²) < 4.78 is 18.3. The number of anilines is 1. The second kappa shape index (κ2) is 6.33. The van der Waals surface area contributed by atoms with Gasteiger partial charge in [0.2, 0.25) is 5.88 Å². The molecule has 0 unspecified atom stereocenters. The minimum Gasteiger partial charge on any atom is -0.486 e. The van der Waals surface area contributed by atoms with Crippen molar-refractivity contribution in [1.29, 1.82) is 5.26 Å². The maximum absolute atomic E-state index is 12.8. The molecule has 1 aromatic carbocycles. The summed E-state index contributed by atoms with van der Waals surface area (Å²) in [4.78, 5) is 12.8. The van der Waals surface area contributed by atoms with Gasteiger partial charge in [-0.25, -0.2) is 0 Å². The lowest BCUT2D eigenvalue weighted by molar-refractivity contribution is 0.102. The predicted octanol–water partition coefficient (Wildman–Crippen LogP) is 3.27. The second-order valence-electron chi connectivity index (χ2n) is 5.73. The van der Waals surface area contributed by atoms with Gasteiger partial charge in [0.15, 0.2) is 11.5 Å². The number of carbonyl (C=O) groups excluding carboxylic acids is 1. The van der Waals surface area contributed by atoms with Gasteiger partial charge in [-0.1, -0.05) is 0 Å². The normalized spacial score (nSPS) is 12.5. The lowest BCUT2D eigenvalue weighted by Gasteiger charge is -2.19. The zero-order valence-electron chi connectivity index (χ0n) is 14.0. The van der Waals surface area contributed by atoms with Gasteiger partial charge < -0.3 is 19.2 Å². The van der Waals surface area contributed by atoms with Crippen LogP contribution >= 0.6 is 0 Å². The van der Waals surface area contributed by atoms with Crippen molar-refractivity contribution in [3.8, 4) is 23.5 Å². The molecule has 0 bridgehead atoms. The average Bonchev–Trinajstić information content (AvgIpc) is 3.28. The molecular weight excluding hydrogens is 334 g/mol. The Balaban J connectivity index is 1.66. The van der Waals surface area contributed by atoms with Crippen LogP contribution in [0, 0.1) is 18.3 Å². The smallest absolute Gasteiger partial charge is 0.260 e. The number of ether oxygens (including phenoxy) is 2. The van der Waals surface area contributed by atoms with Gasteiger partial charge in [-0.05, 0) is 31.2 Å². The summed E-state index contributed by atoms with van der Waals surface area (Å²) in [5.41, 5.74) is 0.950. The third kappa shape index (κ3) is 2.67. The molecule has 4 rings (SSSR count). The van der Waals surface area contributed by atoms with E-state index >= 15 is 0 Å². The first kappa shape index (κ1) is 15.8. The summed E-state index contributed by atoms with van der Waals surface area (Å²) in [5, 5.41) is 12.3. The minimum absolute atomic E-state index is 0.189. The van der Waals surface area contributed by atoms with Gasteiger partial charge in [-0.15, -0.1) is 0 Å². The average molecular weight is 349 g/mol. The molecule has 0 radical (unpaired) electrons. The molecule has 0 aliphatic carbocycles. The molecule has 0 fully saturated rings. The maximum atomic E-state index is 12.8. The van der Waals surface area contributed by atoms with E-state index in [0.717, 1.165) is 0 Å². The van der Waals surface area contributed by atoms with E-state index in [9.17, 15) is 10.1 Å². The number of hydrogen-bond donors (Lipinski definition) is 1. The molecule has 3 heterocycles. The van der Waals surface area contributed by atoms with Crippen LogP contribution in [-0.2, 0) is 0 Å². The molecule has 1 aliphatic heterocycles. The Morgan fingerprint density at radius 3 is 2.65 bits per heavy atom. The first-order chi connectivity index (χ1) is 12.7. The number of furan rings is 1. The number of aromatic nitrogens is 1. The molecule has 0 saturated carbocycles. The van der Waals surface area contributed by atoms with E-state index in [1.54, 1.807) is 42.1 Å². The van der Waals surface area contributed by atoms with E-state index in [4.69, 9.17) is 13.9 Å². The first-order valence-corrected chi connectivity index (χ1v) is 8.05. The fraction of sp³-hybridized carbons (Fsp3) is 0.158. The van der Waals surface area contributed by atoms with Crippen molar-refractivity contribution >= 4 is 11.6 Å². The number of fused-ring (bicyclic) bond motifs is 1. The molecule has 7 nitrogen and oxygen atoms in total. The Morgan fingerprint density at radius 2 is 1.92 bits per heavy atom. The van der Waals surface area contributed by atoms with Gasteiger partial charge in [0.1, 0.15) is 36.2 Å². The van der Waals surface area contributed by atoms with Gasteiger partial charge in [0, 0.05) is 24.1 Å². The number of nitriles is 1. The van der Waals surface area contributed by atoms with Gasteiger partial charge in [0.05, 0.1) is 0 Å². The topological polar surface area (TPSA) is 89.4 Å². The summed E-state index contributed by atoms with van der Waals surface area (Å²) in [7, 11) is 0. The molecule has 1 aliphatic rings. The monoisotopic (exact) mass is 349 g/mol. The summed E-state index contributed by atoms with van der Waals surface area (Å²) in [6, 6.07) is 10.9. The first-order valence-electron chi connectivity index (χ1n) is 8.05. The van der Waals surface area contributed by atoms with E-state index in [1.165, 1.54) is 0 Å². The third-order valence-electron chi connectivity index (χ3n) is 4.04. The van der Waals surface area contributed by atoms with Crippen LogP contribution in [0.1, 0.15) is 21.7 Å². The van der Waals surface area contributed by atoms with Crippen LogP contribution in [-0.4, -0.2) is 23.7 Å². The van der Waals surface area contributed by atoms with Crippen molar-refractivity contribution < 1.29 is 18.7 Å². The zero-order valence-corrected chi connectivity index (χ0v) is 14.0. The third-order valence-corrected chi connectivity index (χ3v) is 4.04. The van der Waals surface area contributed by atoms with Crippen molar-refractivity contribution in [2.45, 2.75) is 6.92 Å². The van der Waals surface area contributed by atoms with Crippen LogP contribution < -0.4 is 14.8 Å². The fourth-order valence-electron chi connectivity index (χ4n) is 2.87. The van der Waals surface area contributed by atoms with Gasteiger partial charge >= 0.3 is 0 Å². The molecule has 3 aromatic rings. The molecule has 0 atom stereocenters. The summed E-state index contributed by atoms with van der Waals surface area (Å²) in [6.07, 6.45) is 3.50. The van der Waals surface area contributed by atoms with Crippen molar-refractivity contribution in [3.05, 3.63) is 59.6 Å². The molecule has 1 N–H and O–H groups in total. The summed E-state index contributed by atoms with van der Waals surface area (Å²) in [5.74, 6) is 1.49. The van der Waals surface area contributed by atoms with Crippen LogP contribution in [0.3, 0.4) is 0 Å². The van der Waals surface area contributed by atoms with E-state index in [0.29, 0.717) is 42.0 Å². The number of nitrogens with one attached hydrogen (secondary N) is 1. The number of benzene rings is 1. The lowest BCUT2D eigenvalue weighted by Crippen LogP contribution is -2.17. The van der Waals surface area contributed by atoms with Crippen LogP contribution in [0.15, 0.2) is 47.1 Å². The summed E-state index contributed by atoms with van der Waals surface area (Å²) >= 11 is 0. The van der Waals surface area contributed by atoms with Crippen molar-refractivity contribution in [1.82, 2.24) is 4.57 Å². The Hall–Kier alpha value is -3.66. The van der Waals surface area contributed by atoms with Gasteiger partial charge in [-0.2, -0.15) is 5.26 Å². The molecule has 26 heavy (non-hydrogen) atoms. The SMILES string of the molecule is Cc1oc(-n2cccc2)c(C#N)c1C(=O)Nc1ccc2c(c1)OCCO2. The van der Waals surface area contributed by atoms with Crippen molar-refractivity contribution in [2.24, 2.45) is 0 Å². The van der Waals surface area contributed by atoms with Crippen molar-refractivity contribution in [2.75, 3.05) is 18.5 Å². The zero-order chi connectivity index (χ0) is 18.1. The Morgan fingerprint density at radius 1 is 1.19 bits per heavy atom. The van der Waals surface area contributed by atoms with E-state index in [-0.39, 0.29) is 11.1 Å². The Labute approximate surface area is 149 Å². The van der Waals surface area contributed by atoms with E-state index in [2.05, 4.69) is 11.4 Å². The second-order valence-corrected chi connectivity index (χ2v) is 5.73. The molecule has 2 aromatic heterocycles. The quantitative estimate of drug-likeness (QED) is 0.784. The maximum Gasteiger partial charge on any atom is 0.260 e. The molecule has 0 spiro atoms. The van der Waals surface area contributed by atoms with Gasteiger partial charge in [0.25, 0.3) is 5.91 Å². The van der Waals surface area contributed by atoms with Crippen LogP contribution in [0.5, 0.6) is 11.5 Å². The number of aryl methyl sites for hydroxylation is 1. The lowest BCUT2D eigenvalue weighted by atomic mass is 10.1. The van der Waals surface area contributed by atoms with Gasteiger partial charge in [-0.3, -0.25) is 9.36 Å². The molecule has 1 amide bonds. The summed E-state index contributed by atoms with van der Waals surface area (Å²) in [6.45, 7) is 2.62. The van der Waals surface area contributed by atoms with E-state index in [1.807, 2.05) is 12.1 Å². The number of nitrogens with zero attached hydrogens (tertiary/aromatic N) is 2. The Bertz CT molecular complexity index is 1010. The molecule has 130 valence electrons. The van der Waals surface area contributed by atoms with Crippen LogP contribution in [0.2, 0.25) is 0 Å². The van der Waals surface area contributed by atoms with Crippen molar-refractivity contribution in [3.63, 3.8) is 0 Å². The highest BCUT2D eigenvalue weighted by molar-refractivity contribution is 6.07. The molecule has 7 heteroatoms. The Kier molecular flexibility index (Phi) is 3.86. The highest BCUT2D eigenvalue weighted by atomic mass is 16.6. The molecular formula is C19H15N3O4.